The van der Waals surface area contributed by atoms with Gasteiger partial charge in [0.15, 0.2) is 5.09 Å². The zero-order valence-electron chi connectivity index (χ0n) is 9.50. The van der Waals surface area contributed by atoms with Gasteiger partial charge in [0.1, 0.15) is 0 Å². The molecule has 18 heavy (non-hydrogen) atoms. The number of hydrogen-bond acceptors (Lipinski definition) is 4. The lowest BCUT2D eigenvalue weighted by atomic mass is 10.2. The van der Waals surface area contributed by atoms with Crippen molar-refractivity contribution >= 4 is 17.7 Å². The van der Waals surface area contributed by atoms with Crippen LogP contribution in [0.15, 0.2) is 45.9 Å². The summed E-state index contributed by atoms with van der Waals surface area (Å²) in [5, 5.41) is 18.2. The number of aliphatic hydroxyl groups excluding tert-OH is 1. The third-order valence-electron chi connectivity index (χ3n) is 2.38. The fourth-order valence-electron chi connectivity index (χ4n) is 1.41. The highest BCUT2D eigenvalue weighted by Crippen LogP contribution is 2.25. The number of aliphatic hydroxyl groups is 1. The van der Waals surface area contributed by atoms with E-state index in [-0.39, 0.29) is 12.4 Å². The summed E-state index contributed by atoms with van der Waals surface area (Å²) in [5.74, 6) is -0.416. The Morgan fingerprint density at radius 2 is 1.78 bits per heavy atom. The quantitative estimate of drug-likeness (QED) is 0.812. The van der Waals surface area contributed by atoms with Crippen molar-refractivity contribution in [2.24, 2.45) is 0 Å². The Morgan fingerprint density at radius 1 is 1.11 bits per heavy atom. The normalized spacial score (nSPS) is 10.5. The monoisotopic (exact) mass is 264 g/mol. The number of benzene rings is 1. The van der Waals surface area contributed by atoms with Gasteiger partial charge in [-0.05, 0) is 23.3 Å². The average molecular weight is 264 g/mol. The summed E-state index contributed by atoms with van der Waals surface area (Å²) in [4.78, 5) is 10.6. The average Bonchev–Trinajstić information content (AvgIpc) is 2.86. The molecule has 94 valence electrons. The molecule has 1 heterocycles. The minimum Gasteiger partial charge on any atom is -0.475 e. The van der Waals surface area contributed by atoms with Gasteiger partial charge in [-0.15, -0.1) is 0 Å². The number of hydrogen-bond donors (Lipinski definition) is 2. The molecule has 0 aliphatic rings. The van der Waals surface area contributed by atoms with E-state index in [1.807, 2.05) is 24.3 Å². The molecule has 0 aliphatic carbocycles. The predicted molar refractivity (Wildman–Crippen MR) is 67.6 cm³/mol. The first-order valence-corrected chi connectivity index (χ1v) is 6.32. The van der Waals surface area contributed by atoms with Crippen LogP contribution < -0.4 is 0 Å². The Hall–Kier alpha value is -1.72. The molecule has 0 saturated carbocycles. The first kappa shape index (κ1) is 12.7. The molecule has 2 rings (SSSR count). The van der Waals surface area contributed by atoms with Crippen molar-refractivity contribution in [3.8, 4) is 0 Å². The molecule has 0 saturated heterocycles. The molecular formula is C13H12O4S. The highest BCUT2D eigenvalue weighted by Gasteiger charge is 2.09. The van der Waals surface area contributed by atoms with Crippen molar-refractivity contribution in [1.82, 2.24) is 0 Å². The first-order chi connectivity index (χ1) is 8.69. The summed E-state index contributed by atoms with van der Waals surface area (Å²) in [6.45, 7) is 0.0353. The fraction of sp³-hybridized carbons (Fsp3) is 0.154. The summed E-state index contributed by atoms with van der Waals surface area (Å²) in [6.07, 6.45) is 0. The van der Waals surface area contributed by atoms with Crippen molar-refractivity contribution in [3.05, 3.63) is 53.3 Å². The molecule has 0 radical (unpaired) electrons. The van der Waals surface area contributed by atoms with Gasteiger partial charge in [-0.2, -0.15) is 0 Å². The maximum Gasteiger partial charge on any atom is 0.371 e. The minimum atomic E-state index is -1.06. The summed E-state index contributed by atoms with van der Waals surface area (Å²) in [6, 6.07) is 10.7. The Morgan fingerprint density at radius 3 is 2.33 bits per heavy atom. The van der Waals surface area contributed by atoms with Gasteiger partial charge in [0.25, 0.3) is 0 Å². The van der Waals surface area contributed by atoms with Crippen LogP contribution in [0.2, 0.25) is 0 Å². The van der Waals surface area contributed by atoms with E-state index < -0.39 is 5.97 Å². The summed E-state index contributed by atoms with van der Waals surface area (Å²) >= 11 is 1.43. The van der Waals surface area contributed by atoms with Gasteiger partial charge < -0.3 is 14.6 Å². The summed E-state index contributed by atoms with van der Waals surface area (Å²) < 4.78 is 5.14. The molecular weight excluding hydrogens is 252 g/mol. The molecule has 1 aromatic heterocycles. The number of carbonyl (C=O) groups is 1. The minimum absolute atomic E-state index is 0.0353. The Kier molecular flexibility index (Phi) is 4.07. The standard InChI is InChI=1S/C13H12O4S/c14-7-9-1-3-10(4-2-9)8-18-12-6-5-11(17-12)13(15)16/h1-6,14H,7-8H2,(H,15,16). The van der Waals surface area contributed by atoms with Crippen molar-refractivity contribution in [2.45, 2.75) is 17.5 Å². The zero-order chi connectivity index (χ0) is 13.0. The van der Waals surface area contributed by atoms with Crippen molar-refractivity contribution < 1.29 is 19.4 Å². The van der Waals surface area contributed by atoms with Gasteiger partial charge in [-0.3, -0.25) is 0 Å². The number of carboxylic acids is 1. The van der Waals surface area contributed by atoms with Crippen LogP contribution in [0, 0.1) is 0 Å². The van der Waals surface area contributed by atoms with Gasteiger partial charge >= 0.3 is 5.97 Å². The fourth-order valence-corrected chi connectivity index (χ4v) is 2.22. The molecule has 0 bridgehead atoms. The SMILES string of the molecule is O=C(O)c1ccc(SCc2ccc(CO)cc2)o1. The van der Waals surface area contributed by atoms with Crippen LogP contribution in [0.4, 0.5) is 0 Å². The first-order valence-electron chi connectivity index (χ1n) is 5.33. The van der Waals surface area contributed by atoms with Gasteiger partial charge in [-0.1, -0.05) is 36.0 Å². The molecule has 0 atom stereocenters. The maximum absolute atomic E-state index is 10.6. The summed E-state index contributed by atoms with van der Waals surface area (Å²) in [7, 11) is 0. The van der Waals surface area contributed by atoms with E-state index in [0.717, 1.165) is 11.1 Å². The van der Waals surface area contributed by atoms with E-state index in [4.69, 9.17) is 14.6 Å². The second-order valence-corrected chi connectivity index (χ2v) is 4.67. The van der Waals surface area contributed by atoms with E-state index in [1.54, 1.807) is 6.07 Å². The van der Waals surface area contributed by atoms with Crippen molar-refractivity contribution in [1.29, 1.82) is 0 Å². The Labute approximate surface area is 108 Å². The maximum atomic E-state index is 10.6. The van der Waals surface area contributed by atoms with Gasteiger partial charge in [0.05, 0.1) is 6.61 Å². The van der Waals surface area contributed by atoms with Crippen LogP contribution >= 0.6 is 11.8 Å². The lowest BCUT2D eigenvalue weighted by molar-refractivity contribution is 0.0656. The lowest BCUT2D eigenvalue weighted by Gasteiger charge is -2.00. The topological polar surface area (TPSA) is 70.7 Å². The number of aromatic carboxylic acids is 1. The largest absolute Gasteiger partial charge is 0.475 e. The summed E-state index contributed by atoms with van der Waals surface area (Å²) in [5.41, 5.74) is 1.96. The molecule has 2 N–H and O–H groups in total. The molecule has 0 unspecified atom stereocenters. The van der Waals surface area contributed by atoms with E-state index in [9.17, 15) is 4.79 Å². The highest BCUT2D eigenvalue weighted by atomic mass is 32.2. The molecule has 0 amide bonds. The number of furan rings is 1. The third kappa shape index (κ3) is 3.15. The number of rotatable bonds is 5. The molecule has 0 aliphatic heterocycles. The van der Waals surface area contributed by atoms with E-state index in [1.165, 1.54) is 17.8 Å². The van der Waals surface area contributed by atoms with E-state index in [2.05, 4.69) is 0 Å². The third-order valence-corrected chi connectivity index (χ3v) is 3.36. The molecule has 0 fully saturated rings. The van der Waals surface area contributed by atoms with E-state index >= 15 is 0 Å². The van der Waals surface area contributed by atoms with Crippen LogP contribution in [0.5, 0.6) is 0 Å². The van der Waals surface area contributed by atoms with Gasteiger partial charge in [-0.25, -0.2) is 4.79 Å². The van der Waals surface area contributed by atoms with Crippen LogP contribution in [0.25, 0.3) is 0 Å². The number of thioether (sulfide) groups is 1. The van der Waals surface area contributed by atoms with Gasteiger partial charge in [0.2, 0.25) is 5.76 Å². The number of carboxylic acid groups (broad SMARTS) is 1. The highest BCUT2D eigenvalue weighted by molar-refractivity contribution is 7.98. The van der Waals surface area contributed by atoms with Crippen molar-refractivity contribution in [2.75, 3.05) is 0 Å². The van der Waals surface area contributed by atoms with Gasteiger partial charge in [0, 0.05) is 5.75 Å². The Balaban J connectivity index is 1.95. The second-order valence-electron chi connectivity index (χ2n) is 3.69. The van der Waals surface area contributed by atoms with Crippen LogP contribution in [-0.2, 0) is 12.4 Å². The predicted octanol–water partition coefficient (Wildman–Crippen LogP) is 2.76. The lowest BCUT2D eigenvalue weighted by Crippen LogP contribution is -1.91. The van der Waals surface area contributed by atoms with Crippen molar-refractivity contribution in [3.63, 3.8) is 0 Å². The molecule has 4 nitrogen and oxygen atoms in total. The smallest absolute Gasteiger partial charge is 0.371 e. The Bertz CT molecular complexity index is 530. The molecule has 5 heteroatoms. The van der Waals surface area contributed by atoms with Crippen LogP contribution in [-0.4, -0.2) is 16.2 Å². The second kappa shape index (κ2) is 5.75. The molecule has 2 aromatic rings. The van der Waals surface area contributed by atoms with Crippen LogP contribution in [0.1, 0.15) is 21.7 Å². The zero-order valence-corrected chi connectivity index (χ0v) is 10.3. The molecule has 1 aromatic carbocycles. The van der Waals surface area contributed by atoms with Crippen LogP contribution in [0.3, 0.4) is 0 Å². The molecule has 0 spiro atoms. The van der Waals surface area contributed by atoms with E-state index in [0.29, 0.717) is 10.8 Å².